The van der Waals surface area contributed by atoms with Gasteiger partial charge in [0.25, 0.3) is 0 Å². The molecule has 90 valence electrons. The van der Waals surface area contributed by atoms with Gasteiger partial charge >= 0.3 is 7.60 Å². The van der Waals surface area contributed by atoms with Crippen molar-refractivity contribution in [2.75, 3.05) is 6.54 Å². The molecule has 1 unspecified atom stereocenters. The van der Waals surface area contributed by atoms with Crippen molar-refractivity contribution in [3.05, 3.63) is 35.4 Å². The third kappa shape index (κ3) is 2.34. The summed E-state index contributed by atoms with van der Waals surface area (Å²) in [6, 6.07) is 6.49. The zero-order valence-electron chi connectivity index (χ0n) is 9.00. The maximum absolute atomic E-state index is 11.2. The third-order valence-electron chi connectivity index (χ3n) is 2.56. The molecule has 0 aromatic heterocycles. The van der Waals surface area contributed by atoms with Gasteiger partial charge in [0, 0.05) is 6.54 Å². The molecule has 0 bridgehead atoms. The zero-order chi connectivity index (χ0) is 12.4. The van der Waals surface area contributed by atoms with Gasteiger partial charge in [-0.25, -0.2) is 0 Å². The highest BCUT2D eigenvalue weighted by Gasteiger charge is 2.45. The quantitative estimate of drug-likeness (QED) is 0.579. The van der Waals surface area contributed by atoms with E-state index in [1.165, 1.54) is 6.07 Å². The van der Waals surface area contributed by atoms with E-state index in [0.29, 0.717) is 0 Å². The maximum Gasteiger partial charge on any atom is 0.362 e. The summed E-state index contributed by atoms with van der Waals surface area (Å²) >= 11 is 0. The average Bonchev–Trinajstić information content (AvgIpc) is 2.26. The van der Waals surface area contributed by atoms with Crippen LogP contribution in [0.4, 0.5) is 0 Å². The van der Waals surface area contributed by atoms with E-state index in [1.807, 2.05) is 13.0 Å². The van der Waals surface area contributed by atoms with Crippen molar-refractivity contribution >= 4 is 7.60 Å². The lowest BCUT2D eigenvalue weighted by atomic mass is 10.0. The number of aliphatic hydroxyl groups is 1. The van der Waals surface area contributed by atoms with Crippen molar-refractivity contribution in [1.82, 2.24) is 0 Å². The van der Waals surface area contributed by atoms with Crippen molar-refractivity contribution in [3.8, 4) is 0 Å². The van der Waals surface area contributed by atoms with Crippen LogP contribution in [-0.4, -0.2) is 21.4 Å². The minimum absolute atomic E-state index is 0.155. The fourth-order valence-electron chi connectivity index (χ4n) is 1.45. The molecule has 0 saturated heterocycles. The summed E-state index contributed by atoms with van der Waals surface area (Å²) in [5, 5.41) is 7.67. The molecule has 0 heterocycles. The first kappa shape index (κ1) is 13.4. The van der Waals surface area contributed by atoms with Crippen molar-refractivity contribution < 1.29 is 19.5 Å². The Morgan fingerprint density at radius 3 is 2.50 bits per heavy atom. The highest BCUT2D eigenvalue weighted by Crippen LogP contribution is 2.54. The minimum atomic E-state index is -4.71. The first-order chi connectivity index (χ1) is 7.35. The highest BCUT2D eigenvalue weighted by atomic mass is 31.2. The predicted molar refractivity (Wildman–Crippen MR) is 60.8 cm³/mol. The molecule has 5 N–H and O–H groups in total. The largest absolute Gasteiger partial charge is 0.372 e. The molecular weight excluding hydrogens is 229 g/mol. The van der Waals surface area contributed by atoms with Crippen LogP contribution in [0.3, 0.4) is 0 Å². The Labute approximate surface area is 94.1 Å². The number of rotatable bonds is 4. The average molecular weight is 245 g/mol. The Balaban J connectivity index is 3.28. The number of benzene rings is 1. The normalized spacial score (nSPS) is 15.8. The topological polar surface area (TPSA) is 104 Å². The van der Waals surface area contributed by atoms with E-state index in [9.17, 15) is 9.67 Å². The second kappa shape index (κ2) is 4.65. The van der Waals surface area contributed by atoms with Gasteiger partial charge in [0.15, 0.2) is 0 Å². The molecule has 0 aliphatic heterocycles. The summed E-state index contributed by atoms with van der Waals surface area (Å²) in [6.07, 6.45) is 0.718. The number of hydrogen-bond donors (Lipinski definition) is 4. The van der Waals surface area contributed by atoms with Gasteiger partial charge in [0.05, 0.1) is 0 Å². The third-order valence-corrected chi connectivity index (χ3v) is 3.97. The number of aryl methyl sites for hydroxylation is 1. The first-order valence-electron chi connectivity index (χ1n) is 4.92. The summed E-state index contributed by atoms with van der Waals surface area (Å²) in [6.45, 7) is 1.39. The van der Waals surface area contributed by atoms with Crippen LogP contribution in [-0.2, 0) is 16.3 Å². The van der Waals surface area contributed by atoms with Gasteiger partial charge in [0.1, 0.15) is 0 Å². The lowest BCUT2D eigenvalue weighted by molar-refractivity contribution is 0.0976. The Morgan fingerprint density at radius 1 is 1.44 bits per heavy atom. The first-order valence-corrected chi connectivity index (χ1v) is 6.54. The van der Waals surface area contributed by atoms with E-state index in [0.717, 1.165) is 12.0 Å². The highest BCUT2D eigenvalue weighted by molar-refractivity contribution is 7.52. The van der Waals surface area contributed by atoms with Crippen LogP contribution in [0.5, 0.6) is 0 Å². The van der Waals surface area contributed by atoms with Gasteiger partial charge in [0.2, 0.25) is 5.34 Å². The van der Waals surface area contributed by atoms with Crippen LogP contribution in [0, 0.1) is 0 Å². The lowest BCUT2D eigenvalue weighted by Crippen LogP contribution is -2.34. The second-order valence-corrected chi connectivity index (χ2v) is 5.45. The minimum Gasteiger partial charge on any atom is -0.372 e. The Kier molecular flexibility index (Phi) is 3.88. The molecule has 1 aromatic rings. The predicted octanol–water partition coefficient (Wildman–Crippen LogP) is 0.530. The van der Waals surface area contributed by atoms with Crippen molar-refractivity contribution in [2.45, 2.75) is 18.7 Å². The molecule has 0 spiro atoms. The van der Waals surface area contributed by atoms with E-state index >= 15 is 0 Å². The van der Waals surface area contributed by atoms with Crippen LogP contribution in [0.1, 0.15) is 18.1 Å². The Hall–Kier alpha value is -0.710. The molecule has 1 aromatic carbocycles. The SMILES string of the molecule is CCc1cccc(C(O)(CN)P(=O)(O)O)c1. The summed E-state index contributed by atoms with van der Waals surface area (Å²) in [7, 11) is -4.71. The van der Waals surface area contributed by atoms with Crippen LogP contribution in [0.25, 0.3) is 0 Å². The monoisotopic (exact) mass is 245 g/mol. The van der Waals surface area contributed by atoms with E-state index < -0.39 is 19.5 Å². The summed E-state index contributed by atoms with van der Waals surface area (Å²) in [5.74, 6) is 0. The number of nitrogens with two attached hydrogens (primary N) is 1. The van der Waals surface area contributed by atoms with Crippen LogP contribution in [0.15, 0.2) is 24.3 Å². The molecule has 0 radical (unpaired) electrons. The fourth-order valence-corrected chi connectivity index (χ4v) is 2.16. The summed E-state index contributed by atoms with van der Waals surface area (Å²) < 4.78 is 11.2. The fraction of sp³-hybridized carbons (Fsp3) is 0.400. The van der Waals surface area contributed by atoms with E-state index in [1.54, 1.807) is 12.1 Å². The molecule has 1 rings (SSSR count). The van der Waals surface area contributed by atoms with Crippen molar-refractivity contribution in [2.24, 2.45) is 5.73 Å². The molecule has 0 aliphatic carbocycles. The number of hydrogen-bond acceptors (Lipinski definition) is 3. The van der Waals surface area contributed by atoms with Crippen LogP contribution >= 0.6 is 7.60 Å². The molecule has 0 aliphatic rings. The smallest absolute Gasteiger partial charge is 0.362 e. The summed E-state index contributed by atoms with van der Waals surface area (Å²) in [4.78, 5) is 18.3. The molecule has 16 heavy (non-hydrogen) atoms. The maximum atomic E-state index is 11.2. The van der Waals surface area contributed by atoms with Crippen molar-refractivity contribution in [1.29, 1.82) is 0 Å². The molecule has 5 nitrogen and oxygen atoms in total. The lowest BCUT2D eigenvalue weighted by Gasteiger charge is -2.28. The van der Waals surface area contributed by atoms with Gasteiger partial charge < -0.3 is 20.6 Å². The standard InChI is InChI=1S/C10H16NO4P/c1-2-8-4-3-5-9(6-8)10(12,7-11)16(13,14)15/h3-6,12H,2,7,11H2,1H3,(H2,13,14,15). The van der Waals surface area contributed by atoms with Crippen LogP contribution in [0.2, 0.25) is 0 Å². The molecular formula is C10H16NO4P. The van der Waals surface area contributed by atoms with Gasteiger partial charge in [-0.3, -0.25) is 4.57 Å². The van der Waals surface area contributed by atoms with E-state index in [4.69, 9.17) is 15.5 Å². The van der Waals surface area contributed by atoms with Gasteiger partial charge in [-0.05, 0) is 17.5 Å². The summed E-state index contributed by atoms with van der Waals surface area (Å²) in [5.41, 5.74) is 6.32. The molecule has 6 heteroatoms. The molecule has 0 fully saturated rings. The van der Waals surface area contributed by atoms with Gasteiger partial charge in [-0.1, -0.05) is 31.2 Å². The Bertz CT molecular complexity index is 417. The molecule has 1 atom stereocenters. The van der Waals surface area contributed by atoms with Gasteiger partial charge in [-0.15, -0.1) is 0 Å². The van der Waals surface area contributed by atoms with E-state index in [-0.39, 0.29) is 5.56 Å². The zero-order valence-corrected chi connectivity index (χ0v) is 9.89. The van der Waals surface area contributed by atoms with Crippen molar-refractivity contribution in [3.63, 3.8) is 0 Å². The molecule has 0 amide bonds. The molecule has 0 saturated carbocycles. The van der Waals surface area contributed by atoms with E-state index in [2.05, 4.69) is 0 Å². The Morgan fingerprint density at radius 2 is 2.06 bits per heavy atom. The second-order valence-electron chi connectivity index (χ2n) is 3.62. The van der Waals surface area contributed by atoms with Crippen LogP contribution < -0.4 is 5.73 Å². The van der Waals surface area contributed by atoms with Gasteiger partial charge in [-0.2, -0.15) is 0 Å².